The van der Waals surface area contributed by atoms with Gasteiger partial charge in [0.25, 0.3) is 6.36 Å². The molecule has 5 atom stereocenters. The van der Waals surface area contributed by atoms with Gasteiger partial charge in [0.2, 0.25) is 11.9 Å². The van der Waals surface area contributed by atoms with Crippen molar-refractivity contribution < 1.29 is 55.4 Å². The first-order valence-corrected chi connectivity index (χ1v) is 8.94. The van der Waals surface area contributed by atoms with Gasteiger partial charge in [-0.2, -0.15) is 4.39 Å². The fourth-order valence-corrected chi connectivity index (χ4v) is 2.63. The number of ether oxygens (including phenoxy) is 2. The van der Waals surface area contributed by atoms with Crippen molar-refractivity contribution in [3.05, 3.63) is 42.0 Å². The molecule has 0 heterocycles. The minimum absolute atomic E-state index is 0.0706. The first kappa shape index (κ1) is 28.3. The molecular formula is C16H15F6N3O9. The van der Waals surface area contributed by atoms with E-state index in [-0.39, 0.29) is 6.07 Å². The summed E-state index contributed by atoms with van der Waals surface area (Å²) in [6, 6.07) is 0.0706. The summed E-state index contributed by atoms with van der Waals surface area (Å²) in [6.45, 7) is 0.225. The van der Waals surface area contributed by atoms with E-state index in [1.807, 2.05) is 0 Å². The van der Waals surface area contributed by atoms with Crippen molar-refractivity contribution in [3.63, 3.8) is 0 Å². The summed E-state index contributed by atoms with van der Waals surface area (Å²) in [5.41, 5.74) is -4.92. The van der Waals surface area contributed by atoms with Crippen molar-refractivity contribution in [1.29, 1.82) is 0 Å². The molecule has 1 aromatic rings. The van der Waals surface area contributed by atoms with E-state index in [1.165, 1.54) is 0 Å². The van der Waals surface area contributed by atoms with Crippen molar-refractivity contribution in [2.75, 3.05) is 6.67 Å². The summed E-state index contributed by atoms with van der Waals surface area (Å²) in [4.78, 5) is 41.7. The van der Waals surface area contributed by atoms with Crippen LogP contribution in [0.4, 0.5) is 48.2 Å². The Morgan fingerprint density at radius 3 is 1.85 bits per heavy atom. The molecule has 0 amide bonds. The summed E-state index contributed by atoms with van der Waals surface area (Å²) >= 11 is 0. The van der Waals surface area contributed by atoms with Gasteiger partial charge < -0.3 is 9.47 Å². The molecule has 190 valence electrons. The van der Waals surface area contributed by atoms with Gasteiger partial charge in [0.1, 0.15) is 12.7 Å². The number of benzene rings is 1. The van der Waals surface area contributed by atoms with E-state index >= 15 is 0 Å². The van der Waals surface area contributed by atoms with Crippen molar-refractivity contribution >= 4 is 23.2 Å². The number of nitro groups is 3. The zero-order chi connectivity index (χ0) is 26.5. The smallest absolute Gasteiger partial charge is 0.396 e. The molecule has 12 nitrogen and oxygen atoms in total. The van der Waals surface area contributed by atoms with E-state index in [9.17, 15) is 61.5 Å². The van der Waals surface area contributed by atoms with Crippen molar-refractivity contribution in [2.45, 2.75) is 50.8 Å². The third-order valence-electron chi connectivity index (χ3n) is 4.15. The van der Waals surface area contributed by atoms with E-state index in [0.29, 0.717) is 0 Å². The number of hydrogen-bond donors (Lipinski definition) is 0. The van der Waals surface area contributed by atoms with E-state index < -0.39 is 92.9 Å². The Hall–Kier alpha value is -3.73. The molecule has 0 N–H and O–H groups in total. The van der Waals surface area contributed by atoms with Gasteiger partial charge >= 0.3 is 23.2 Å². The Balaban J connectivity index is 3.38. The van der Waals surface area contributed by atoms with Crippen LogP contribution in [0, 0.1) is 30.3 Å². The maximum atomic E-state index is 13.8. The molecule has 0 saturated heterocycles. The Morgan fingerprint density at radius 1 is 0.912 bits per heavy atom. The lowest BCUT2D eigenvalue weighted by atomic mass is 9.97. The number of rotatable bonds is 11. The largest absolute Gasteiger partial charge is 0.516 e. The highest BCUT2D eigenvalue weighted by atomic mass is 19.2. The lowest BCUT2D eigenvalue weighted by Crippen LogP contribution is -2.42. The number of carbonyl (C=O) groups excluding carboxylic acids is 1. The summed E-state index contributed by atoms with van der Waals surface area (Å²) in [7, 11) is 0. The minimum atomic E-state index is -3.70. The van der Waals surface area contributed by atoms with Crippen LogP contribution in [0.15, 0.2) is 6.07 Å². The number of nitrogens with zero attached hydrogens (tertiary/aromatic N) is 3. The van der Waals surface area contributed by atoms with E-state index in [2.05, 4.69) is 9.47 Å². The number of hydrogen-bond acceptors (Lipinski definition) is 9. The van der Waals surface area contributed by atoms with E-state index in [1.54, 1.807) is 0 Å². The number of carbonyl (C=O) groups is 1. The second kappa shape index (κ2) is 11.4. The third-order valence-corrected chi connectivity index (χ3v) is 4.15. The Morgan fingerprint density at radius 2 is 1.44 bits per heavy atom. The molecule has 0 fully saturated rings. The summed E-state index contributed by atoms with van der Waals surface area (Å²) in [5.74, 6) is -2.46. The molecule has 0 aromatic heterocycles. The summed E-state index contributed by atoms with van der Waals surface area (Å²) < 4.78 is 87.1. The van der Waals surface area contributed by atoms with Gasteiger partial charge in [0, 0.05) is 0 Å². The Labute approximate surface area is 184 Å². The molecular weight excluding hydrogens is 492 g/mol. The molecule has 18 heteroatoms. The summed E-state index contributed by atoms with van der Waals surface area (Å²) in [5, 5.41) is 33.8. The second-order valence-corrected chi connectivity index (χ2v) is 6.76. The zero-order valence-electron chi connectivity index (χ0n) is 17.0. The topological polar surface area (TPSA) is 165 Å². The Bertz CT molecular complexity index is 967. The van der Waals surface area contributed by atoms with Crippen LogP contribution < -0.4 is 4.74 Å². The van der Waals surface area contributed by atoms with E-state index in [0.717, 1.165) is 13.8 Å². The molecule has 0 aliphatic heterocycles. The quantitative estimate of drug-likeness (QED) is 0.136. The van der Waals surface area contributed by atoms with Crippen LogP contribution in [0.5, 0.6) is 5.75 Å². The standard InChI is InChI=1S/C16H15F6N3O9/c1-5(2)9-13(25(31)32)7(23(27)28)3-8(24(29)30)14(9)33-16(26)34-15(22)12(21)11(20)10(19)6(18)4-17/h3,5-6,10-12,15H,4H2,1-2H3. The van der Waals surface area contributed by atoms with Crippen molar-refractivity contribution in [1.82, 2.24) is 0 Å². The van der Waals surface area contributed by atoms with Crippen LogP contribution in [0.3, 0.4) is 0 Å². The second-order valence-electron chi connectivity index (χ2n) is 6.76. The van der Waals surface area contributed by atoms with Gasteiger partial charge in [-0.1, -0.05) is 13.8 Å². The maximum Gasteiger partial charge on any atom is 0.516 e. The SMILES string of the molecule is CC(C)c1c(OC(=O)OC(F)C(F)C(F)C(F)C(F)CF)c([N+](=O)[O-])cc([N+](=O)[O-])c1[N+](=O)[O-]. The van der Waals surface area contributed by atoms with Crippen LogP contribution in [0.25, 0.3) is 0 Å². The highest BCUT2D eigenvalue weighted by Crippen LogP contribution is 2.47. The minimum Gasteiger partial charge on any atom is -0.396 e. The molecule has 1 aromatic carbocycles. The predicted octanol–water partition coefficient (Wildman–Crippen LogP) is 4.67. The number of halogens is 6. The first-order chi connectivity index (χ1) is 15.6. The molecule has 0 bridgehead atoms. The average Bonchev–Trinajstić information content (AvgIpc) is 2.75. The lowest BCUT2D eigenvalue weighted by Gasteiger charge is -2.21. The highest BCUT2D eigenvalue weighted by Gasteiger charge is 2.44. The van der Waals surface area contributed by atoms with Crippen LogP contribution in [-0.2, 0) is 4.74 Å². The third kappa shape index (κ3) is 6.19. The Kier molecular flexibility index (Phi) is 9.50. The van der Waals surface area contributed by atoms with Crippen molar-refractivity contribution in [3.8, 4) is 5.75 Å². The lowest BCUT2D eigenvalue weighted by molar-refractivity contribution is -0.425. The molecule has 34 heavy (non-hydrogen) atoms. The van der Waals surface area contributed by atoms with Gasteiger partial charge in [-0.15, -0.1) is 0 Å². The molecule has 0 spiro atoms. The zero-order valence-corrected chi connectivity index (χ0v) is 17.0. The van der Waals surface area contributed by atoms with Gasteiger partial charge in [0.15, 0.2) is 18.5 Å². The van der Waals surface area contributed by atoms with E-state index in [4.69, 9.17) is 0 Å². The number of nitro benzene ring substituents is 3. The maximum absolute atomic E-state index is 13.8. The summed E-state index contributed by atoms with van der Waals surface area (Å²) in [6.07, 6.45) is -20.0. The van der Waals surface area contributed by atoms with Crippen LogP contribution in [0.1, 0.15) is 25.3 Å². The molecule has 1 rings (SSSR count). The monoisotopic (exact) mass is 507 g/mol. The van der Waals surface area contributed by atoms with Gasteiger partial charge in [-0.25, -0.2) is 26.7 Å². The first-order valence-electron chi connectivity index (χ1n) is 8.94. The average molecular weight is 507 g/mol. The highest BCUT2D eigenvalue weighted by molar-refractivity contribution is 5.76. The molecule has 0 aliphatic carbocycles. The number of alkyl halides is 6. The van der Waals surface area contributed by atoms with Crippen LogP contribution in [-0.4, -0.2) is 58.6 Å². The molecule has 0 saturated carbocycles. The fraction of sp³-hybridized carbons (Fsp3) is 0.562. The predicted molar refractivity (Wildman–Crippen MR) is 98.1 cm³/mol. The molecule has 5 unspecified atom stereocenters. The van der Waals surface area contributed by atoms with Gasteiger partial charge in [-0.3, -0.25) is 30.3 Å². The van der Waals surface area contributed by atoms with Gasteiger partial charge in [-0.05, 0) is 5.92 Å². The van der Waals surface area contributed by atoms with Crippen LogP contribution in [0.2, 0.25) is 0 Å². The molecule has 0 radical (unpaired) electrons. The van der Waals surface area contributed by atoms with Gasteiger partial charge in [0.05, 0.1) is 20.3 Å². The normalized spacial score (nSPS) is 15.7. The molecule has 0 aliphatic rings. The van der Waals surface area contributed by atoms with Crippen LogP contribution >= 0.6 is 0 Å². The van der Waals surface area contributed by atoms with Crippen molar-refractivity contribution in [2.24, 2.45) is 0 Å². The fourth-order valence-electron chi connectivity index (χ4n) is 2.63.